The molecule has 0 radical (unpaired) electrons. The minimum atomic E-state index is -1.92. The first-order chi connectivity index (χ1) is 14.0. The number of ether oxygens (including phenoxy) is 3. The van der Waals surface area contributed by atoms with Crippen molar-refractivity contribution in [3.8, 4) is 0 Å². The van der Waals surface area contributed by atoms with Crippen LogP contribution in [-0.4, -0.2) is 102 Å². The average Bonchev–Trinajstić information content (AvgIpc) is 2.96. The highest BCUT2D eigenvalue weighted by Crippen LogP contribution is 2.30. The summed E-state index contributed by atoms with van der Waals surface area (Å²) in [7, 11) is 0. The standard InChI is InChI=1S/C15H20FN3O11/c16-3-1-19(15(27)18-11(3)17)12-8(23)5(20)4(29-12)2-28-14-9(24)6(21)7(22)10(30-14)13(25)26/h1,4-10,12,14,20-24H,2H2,(H,25,26)(H2,17,18,27)/t4-,5-,6+,7+,8-,9-,10?,12?,14-/m1/s1. The molecule has 0 bridgehead atoms. The van der Waals surface area contributed by atoms with Crippen molar-refractivity contribution in [2.45, 2.75) is 55.2 Å². The summed E-state index contributed by atoms with van der Waals surface area (Å²) >= 11 is 0. The van der Waals surface area contributed by atoms with Gasteiger partial charge in [0.2, 0.25) is 0 Å². The highest BCUT2D eigenvalue weighted by atomic mass is 19.1. The maximum absolute atomic E-state index is 13.6. The van der Waals surface area contributed by atoms with Gasteiger partial charge in [-0.15, -0.1) is 0 Å². The molecule has 1 aromatic heterocycles. The number of carboxylic acid groups (broad SMARTS) is 1. The van der Waals surface area contributed by atoms with Gasteiger partial charge in [-0.25, -0.2) is 14.0 Å². The molecule has 15 heteroatoms. The number of aliphatic hydroxyl groups is 5. The summed E-state index contributed by atoms with van der Waals surface area (Å²) in [6.45, 7) is -0.606. The molecule has 168 valence electrons. The molecule has 0 aliphatic carbocycles. The van der Waals surface area contributed by atoms with Gasteiger partial charge in [0.25, 0.3) is 0 Å². The first-order valence-electron chi connectivity index (χ1n) is 8.62. The van der Waals surface area contributed by atoms with Gasteiger partial charge < -0.3 is 50.6 Å². The maximum atomic E-state index is 13.6. The minimum Gasteiger partial charge on any atom is -0.479 e. The number of halogens is 1. The molecule has 2 aliphatic rings. The summed E-state index contributed by atoms with van der Waals surface area (Å²) in [5, 5.41) is 58.6. The lowest BCUT2D eigenvalue weighted by Gasteiger charge is -2.38. The van der Waals surface area contributed by atoms with Gasteiger partial charge in [-0.2, -0.15) is 4.98 Å². The number of nitrogen functional groups attached to an aromatic ring is 1. The molecule has 8 N–H and O–H groups in total. The number of hydrogen-bond donors (Lipinski definition) is 7. The van der Waals surface area contributed by atoms with E-state index in [1.165, 1.54) is 0 Å². The van der Waals surface area contributed by atoms with Crippen LogP contribution in [0, 0.1) is 5.82 Å². The van der Waals surface area contributed by atoms with Crippen LogP contribution in [0.4, 0.5) is 10.2 Å². The van der Waals surface area contributed by atoms with E-state index < -0.39 is 85.1 Å². The third kappa shape index (κ3) is 4.01. The molecule has 2 aliphatic heterocycles. The van der Waals surface area contributed by atoms with Crippen molar-refractivity contribution in [3.05, 3.63) is 22.5 Å². The second-order valence-corrected chi connectivity index (χ2v) is 6.78. The summed E-state index contributed by atoms with van der Waals surface area (Å²) in [6.07, 6.45) is -14.9. The quantitative estimate of drug-likeness (QED) is 0.231. The predicted octanol–water partition coefficient (Wildman–Crippen LogP) is -4.51. The number of aromatic nitrogens is 2. The average molecular weight is 437 g/mol. The number of carbonyl (C=O) groups is 1. The van der Waals surface area contributed by atoms with Crippen LogP contribution in [0.15, 0.2) is 11.0 Å². The molecular weight excluding hydrogens is 417 g/mol. The summed E-state index contributed by atoms with van der Waals surface area (Å²) in [6, 6.07) is 0. The van der Waals surface area contributed by atoms with E-state index in [0.29, 0.717) is 10.8 Å². The Labute approximate surface area is 166 Å². The molecule has 14 nitrogen and oxygen atoms in total. The van der Waals surface area contributed by atoms with Crippen molar-refractivity contribution in [3.63, 3.8) is 0 Å². The molecule has 3 rings (SSSR count). The molecule has 9 atom stereocenters. The van der Waals surface area contributed by atoms with E-state index in [-0.39, 0.29) is 0 Å². The van der Waals surface area contributed by atoms with Crippen molar-refractivity contribution >= 4 is 11.8 Å². The predicted molar refractivity (Wildman–Crippen MR) is 89.1 cm³/mol. The van der Waals surface area contributed by atoms with Gasteiger partial charge in [-0.1, -0.05) is 0 Å². The van der Waals surface area contributed by atoms with Crippen LogP contribution in [0.5, 0.6) is 0 Å². The SMILES string of the molecule is Nc1nc(=O)n(C2O[C@H](CO[C@@H]3OC(C(=O)O)[C@@H](O)[C@H](O)[C@H]3O)[C@@H](O)[C@H]2O)cc1F. The molecule has 2 unspecified atom stereocenters. The van der Waals surface area contributed by atoms with Gasteiger partial charge in [0.15, 0.2) is 30.3 Å². The van der Waals surface area contributed by atoms with Crippen LogP contribution in [0.1, 0.15) is 6.23 Å². The monoisotopic (exact) mass is 437 g/mol. The first-order valence-corrected chi connectivity index (χ1v) is 8.62. The number of anilines is 1. The molecule has 3 heterocycles. The summed E-state index contributed by atoms with van der Waals surface area (Å²) < 4.78 is 29.6. The van der Waals surface area contributed by atoms with E-state index in [1.54, 1.807) is 0 Å². The van der Waals surface area contributed by atoms with Crippen molar-refractivity contribution < 1.29 is 54.0 Å². The number of carboxylic acids is 1. The Balaban J connectivity index is 1.70. The number of rotatable bonds is 5. The Kier molecular flexibility index (Phi) is 6.34. The van der Waals surface area contributed by atoms with Gasteiger partial charge >= 0.3 is 11.7 Å². The molecule has 0 spiro atoms. The van der Waals surface area contributed by atoms with Crippen LogP contribution in [0.3, 0.4) is 0 Å². The van der Waals surface area contributed by atoms with E-state index in [0.717, 1.165) is 0 Å². The van der Waals surface area contributed by atoms with E-state index in [4.69, 9.17) is 25.1 Å². The van der Waals surface area contributed by atoms with Crippen LogP contribution in [0.25, 0.3) is 0 Å². The largest absolute Gasteiger partial charge is 0.479 e. The zero-order valence-electron chi connectivity index (χ0n) is 15.1. The maximum Gasteiger partial charge on any atom is 0.351 e. The molecule has 30 heavy (non-hydrogen) atoms. The number of aliphatic carboxylic acids is 1. The summed E-state index contributed by atoms with van der Waals surface area (Å²) in [5.41, 5.74) is 4.13. The van der Waals surface area contributed by atoms with Crippen LogP contribution < -0.4 is 11.4 Å². The first kappa shape index (κ1) is 22.4. The van der Waals surface area contributed by atoms with Crippen molar-refractivity contribution in [2.24, 2.45) is 0 Å². The highest BCUT2D eigenvalue weighted by molar-refractivity contribution is 5.73. The number of hydrogen-bond acceptors (Lipinski definition) is 12. The lowest BCUT2D eigenvalue weighted by molar-refractivity contribution is -0.299. The van der Waals surface area contributed by atoms with Gasteiger partial charge in [0.05, 0.1) is 12.8 Å². The molecule has 0 amide bonds. The van der Waals surface area contributed by atoms with Crippen molar-refractivity contribution in [1.82, 2.24) is 9.55 Å². The Morgan fingerprint density at radius 2 is 1.80 bits per heavy atom. The van der Waals surface area contributed by atoms with Crippen molar-refractivity contribution in [1.29, 1.82) is 0 Å². The van der Waals surface area contributed by atoms with Gasteiger partial charge in [0, 0.05) is 0 Å². The summed E-state index contributed by atoms with van der Waals surface area (Å²) in [4.78, 5) is 26.2. The van der Waals surface area contributed by atoms with Gasteiger partial charge in [-0.3, -0.25) is 4.57 Å². The minimum absolute atomic E-state index is 0.576. The van der Waals surface area contributed by atoms with Crippen molar-refractivity contribution in [2.75, 3.05) is 12.3 Å². The van der Waals surface area contributed by atoms with Crippen LogP contribution in [-0.2, 0) is 19.0 Å². The Bertz CT molecular complexity index is 854. The van der Waals surface area contributed by atoms with E-state index in [9.17, 15) is 39.5 Å². The molecule has 1 aromatic rings. The Morgan fingerprint density at radius 3 is 2.43 bits per heavy atom. The molecule has 2 saturated heterocycles. The zero-order chi connectivity index (χ0) is 22.3. The molecular formula is C15H20FN3O11. The third-order valence-electron chi connectivity index (χ3n) is 4.78. The van der Waals surface area contributed by atoms with Crippen LogP contribution >= 0.6 is 0 Å². The van der Waals surface area contributed by atoms with Gasteiger partial charge in [-0.05, 0) is 0 Å². The fourth-order valence-electron chi connectivity index (χ4n) is 3.12. The topological polar surface area (TPSA) is 227 Å². The Morgan fingerprint density at radius 1 is 1.13 bits per heavy atom. The fraction of sp³-hybridized carbons (Fsp3) is 0.667. The highest BCUT2D eigenvalue weighted by Gasteiger charge is 2.49. The van der Waals surface area contributed by atoms with Gasteiger partial charge in [0.1, 0.15) is 36.6 Å². The number of aliphatic hydroxyl groups excluding tert-OH is 5. The normalized spacial score (nSPS) is 39.2. The van der Waals surface area contributed by atoms with Crippen LogP contribution in [0.2, 0.25) is 0 Å². The molecule has 0 saturated carbocycles. The van der Waals surface area contributed by atoms with E-state index in [2.05, 4.69) is 4.98 Å². The second-order valence-electron chi connectivity index (χ2n) is 6.78. The van der Waals surface area contributed by atoms with E-state index in [1.807, 2.05) is 0 Å². The number of nitrogens with two attached hydrogens (primary N) is 1. The number of nitrogens with zero attached hydrogens (tertiary/aromatic N) is 2. The summed E-state index contributed by atoms with van der Waals surface area (Å²) in [5.74, 6) is -3.35. The molecule has 0 aromatic carbocycles. The molecule has 2 fully saturated rings. The van der Waals surface area contributed by atoms with E-state index >= 15 is 0 Å². The third-order valence-corrected chi connectivity index (χ3v) is 4.78. The lowest BCUT2D eigenvalue weighted by Crippen LogP contribution is -2.60. The second kappa shape index (κ2) is 8.48. The zero-order valence-corrected chi connectivity index (χ0v) is 15.1. The smallest absolute Gasteiger partial charge is 0.351 e. The Hall–Kier alpha value is -2.24. The fourth-order valence-corrected chi connectivity index (χ4v) is 3.12. The lowest BCUT2D eigenvalue weighted by atomic mass is 9.99.